The number of nitro groups is 2. The molecule has 2 aromatic carbocycles. The lowest BCUT2D eigenvalue weighted by atomic mass is 10.1. The van der Waals surface area contributed by atoms with Crippen molar-refractivity contribution in [2.45, 2.75) is 6.42 Å². The van der Waals surface area contributed by atoms with Gasteiger partial charge < -0.3 is 4.42 Å². The fourth-order valence-electron chi connectivity index (χ4n) is 3.60. The van der Waals surface area contributed by atoms with Crippen LogP contribution in [0.1, 0.15) is 22.3 Å². The highest BCUT2D eigenvalue weighted by atomic mass is 32.1. The molecule has 0 saturated heterocycles. The van der Waals surface area contributed by atoms with E-state index in [0.29, 0.717) is 16.4 Å². The van der Waals surface area contributed by atoms with E-state index >= 15 is 0 Å². The number of non-ortho nitro benzene ring substituents is 2. The number of nitro benzene ring substituents is 2. The molecule has 2 heterocycles. The van der Waals surface area contributed by atoms with E-state index in [0.717, 1.165) is 29.0 Å². The van der Waals surface area contributed by atoms with Crippen LogP contribution in [0.4, 0.5) is 16.5 Å². The first-order valence-corrected chi connectivity index (χ1v) is 10.5. The van der Waals surface area contributed by atoms with Gasteiger partial charge in [0.1, 0.15) is 0 Å². The predicted molar refractivity (Wildman–Crippen MR) is 122 cm³/mol. The molecule has 0 amide bonds. The molecule has 12 nitrogen and oxygen atoms in total. The van der Waals surface area contributed by atoms with Gasteiger partial charge in [-0.3, -0.25) is 30.4 Å². The van der Waals surface area contributed by atoms with Gasteiger partial charge in [-0.05, 0) is 6.07 Å². The molecule has 5 rings (SSSR count). The van der Waals surface area contributed by atoms with Gasteiger partial charge in [0.25, 0.3) is 5.69 Å². The van der Waals surface area contributed by atoms with E-state index in [1.165, 1.54) is 6.07 Å². The molecular weight excluding hydrogens is 466 g/mol. The number of fused-ring (bicyclic) bond motifs is 2. The van der Waals surface area contributed by atoms with Crippen LogP contribution < -0.4 is 11.1 Å². The Morgan fingerprint density at radius 3 is 2.53 bits per heavy atom. The molecule has 13 heteroatoms. The van der Waals surface area contributed by atoms with E-state index < -0.39 is 26.8 Å². The molecule has 0 spiro atoms. The van der Waals surface area contributed by atoms with Crippen molar-refractivity contribution in [2.24, 2.45) is 5.10 Å². The predicted octanol–water partition coefficient (Wildman–Crippen LogP) is 4.14. The first-order valence-electron chi connectivity index (χ1n) is 9.63. The summed E-state index contributed by atoms with van der Waals surface area (Å²) in [4.78, 5) is 49.8. The van der Waals surface area contributed by atoms with Crippen LogP contribution in [0.2, 0.25) is 0 Å². The Labute approximate surface area is 192 Å². The molecule has 0 atom stereocenters. The number of carbonyl (C=O) groups is 1. The molecule has 1 N–H and O–H groups in total. The summed E-state index contributed by atoms with van der Waals surface area (Å²) < 4.78 is 5.14. The van der Waals surface area contributed by atoms with E-state index in [1.54, 1.807) is 23.6 Å². The second-order valence-electron chi connectivity index (χ2n) is 7.20. The molecule has 0 saturated carbocycles. The molecule has 4 aromatic rings. The summed E-state index contributed by atoms with van der Waals surface area (Å²) in [6.07, 6.45) is 0.149. The van der Waals surface area contributed by atoms with Crippen LogP contribution in [0, 0.1) is 20.2 Å². The Morgan fingerprint density at radius 1 is 1.03 bits per heavy atom. The number of nitrogens with zero attached hydrogens (tertiary/aromatic N) is 4. The van der Waals surface area contributed by atoms with Crippen LogP contribution in [-0.2, 0) is 0 Å². The molecule has 0 fully saturated rings. The van der Waals surface area contributed by atoms with E-state index in [2.05, 4.69) is 15.5 Å². The molecule has 0 radical (unpaired) electrons. The van der Waals surface area contributed by atoms with E-state index in [4.69, 9.17) is 4.42 Å². The number of anilines is 1. The van der Waals surface area contributed by atoms with E-state index in [-0.39, 0.29) is 34.4 Å². The minimum atomic E-state index is -0.886. The summed E-state index contributed by atoms with van der Waals surface area (Å²) in [5, 5.41) is 28.6. The van der Waals surface area contributed by atoms with Gasteiger partial charge in [-0.2, -0.15) is 5.10 Å². The van der Waals surface area contributed by atoms with Crippen LogP contribution in [0.5, 0.6) is 0 Å². The van der Waals surface area contributed by atoms with Crippen molar-refractivity contribution in [1.82, 2.24) is 4.98 Å². The van der Waals surface area contributed by atoms with Crippen LogP contribution in [-0.4, -0.2) is 26.3 Å². The third-order valence-electron chi connectivity index (χ3n) is 5.14. The molecule has 1 aliphatic rings. The van der Waals surface area contributed by atoms with Crippen molar-refractivity contribution in [3.05, 3.63) is 89.6 Å². The number of rotatable bonds is 5. The zero-order chi connectivity index (χ0) is 24.0. The van der Waals surface area contributed by atoms with Crippen LogP contribution in [0.3, 0.4) is 0 Å². The lowest BCUT2D eigenvalue weighted by Crippen LogP contribution is -2.05. The van der Waals surface area contributed by atoms with Crippen molar-refractivity contribution >= 4 is 50.3 Å². The van der Waals surface area contributed by atoms with Crippen molar-refractivity contribution in [1.29, 1.82) is 0 Å². The fraction of sp³-hybridized carbons (Fsp3) is 0.0476. The van der Waals surface area contributed by atoms with Crippen molar-refractivity contribution < 1.29 is 19.1 Å². The number of benzene rings is 2. The number of hydrazone groups is 1. The second kappa shape index (κ2) is 7.97. The largest absolute Gasteiger partial charge is 0.415 e. The van der Waals surface area contributed by atoms with Gasteiger partial charge in [0.05, 0.1) is 39.3 Å². The highest BCUT2D eigenvalue weighted by molar-refractivity contribution is 7.14. The standard InChI is InChI=1S/C21H11N5O7S/c27-18-8-15(12-3-1-2-4-13(12)18)23-24-21-22-16(9-34-21)14-6-10-5-11(25(29)30)7-17(26(31)32)19(10)33-20(14)28/h1-7,9H,8H2,(H,22,24). The second-order valence-corrected chi connectivity index (χ2v) is 8.06. The molecular formula is C21H11N5O7S. The molecule has 34 heavy (non-hydrogen) atoms. The first-order chi connectivity index (χ1) is 16.3. The quantitative estimate of drug-likeness (QED) is 0.252. The van der Waals surface area contributed by atoms with Gasteiger partial charge in [-0.1, -0.05) is 24.3 Å². The number of Topliss-reactive ketones (excluding diaryl/α,β-unsaturated/α-hetero) is 1. The van der Waals surface area contributed by atoms with Gasteiger partial charge in [0.2, 0.25) is 10.7 Å². The Morgan fingerprint density at radius 2 is 1.79 bits per heavy atom. The number of thiazole rings is 1. The van der Waals surface area contributed by atoms with E-state index in [1.807, 2.05) is 6.07 Å². The molecule has 1 aliphatic carbocycles. The Bertz CT molecular complexity index is 1620. The number of ketones is 1. The Balaban J connectivity index is 1.50. The summed E-state index contributed by atoms with van der Waals surface area (Å²) in [5.74, 6) is -0.0343. The minimum absolute atomic E-state index is 0.0133. The highest BCUT2D eigenvalue weighted by Crippen LogP contribution is 2.33. The first kappa shape index (κ1) is 21.1. The summed E-state index contributed by atoms with van der Waals surface area (Å²) in [5.41, 5.74) is 2.38. The third-order valence-corrected chi connectivity index (χ3v) is 5.88. The minimum Gasteiger partial charge on any atom is -0.415 e. The molecule has 0 unspecified atom stereocenters. The summed E-state index contributed by atoms with van der Waals surface area (Å²) in [7, 11) is 0. The zero-order valence-corrected chi connectivity index (χ0v) is 17.7. The fourth-order valence-corrected chi connectivity index (χ4v) is 4.26. The smallest absolute Gasteiger partial charge is 0.346 e. The monoisotopic (exact) mass is 477 g/mol. The normalized spacial score (nSPS) is 13.9. The van der Waals surface area contributed by atoms with Crippen molar-refractivity contribution in [3.8, 4) is 11.3 Å². The lowest BCUT2D eigenvalue weighted by Gasteiger charge is -2.02. The lowest BCUT2D eigenvalue weighted by molar-refractivity contribution is -0.393. The van der Waals surface area contributed by atoms with Gasteiger partial charge in [-0.25, -0.2) is 9.78 Å². The SMILES string of the molecule is O=C1CC(=NNc2nc(-c3cc4cc([N+](=O)[O-])cc([N+](=O)[O-])c4oc3=O)cs2)c2ccccc21. The highest BCUT2D eigenvalue weighted by Gasteiger charge is 2.26. The summed E-state index contributed by atoms with van der Waals surface area (Å²) in [6.45, 7) is 0. The third kappa shape index (κ3) is 3.59. The number of nitrogens with one attached hydrogen (secondary N) is 1. The Hall–Kier alpha value is -4.78. The van der Waals surface area contributed by atoms with E-state index in [9.17, 15) is 29.8 Å². The average Bonchev–Trinajstić information content (AvgIpc) is 3.41. The number of hydrogen-bond donors (Lipinski definition) is 1. The molecule has 0 bridgehead atoms. The molecule has 168 valence electrons. The Kier molecular flexibility index (Phi) is 4.94. The summed E-state index contributed by atoms with van der Waals surface area (Å²) >= 11 is 1.13. The van der Waals surface area contributed by atoms with Gasteiger partial charge in [0, 0.05) is 28.0 Å². The summed E-state index contributed by atoms with van der Waals surface area (Å²) in [6, 6.07) is 10.2. The zero-order valence-electron chi connectivity index (χ0n) is 16.9. The number of carbonyl (C=O) groups excluding carboxylic acids is 1. The van der Waals surface area contributed by atoms with Crippen LogP contribution in [0.15, 0.2) is 62.2 Å². The van der Waals surface area contributed by atoms with Crippen molar-refractivity contribution in [3.63, 3.8) is 0 Å². The van der Waals surface area contributed by atoms with Crippen molar-refractivity contribution in [2.75, 3.05) is 5.43 Å². The maximum atomic E-state index is 12.5. The van der Waals surface area contributed by atoms with Gasteiger partial charge >= 0.3 is 11.3 Å². The maximum absolute atomic E-state index is 12.5. The average molecular weight is 477 g/mol. The molecule has 0 aliphatic heterocycles. The molecule has 2 aromatic heterocycles. The number of aromatic nitrogens is 1. The number of hydrogen-bond acceptors (Lipinski definition) is 11. The van der Waals surface area contributed by atoms with Crippen LogP contribution in [0.25, 0.3) is 22.2 Å². The maximum Gasteiger partial charge on any atom is 0.346 e. The van der Waals surface area contributed by atoms with Gasteiger partial charge in [-0.15, -0.1) is 11.3 Å². The topological polar surface area (TPSA) is 171 Å². The van der Waals surface area contributed by atoms with Gasteiger partial charge in [0.15, 0.2) is 5.78 Å². The van der Waals surface area contributed by atoms with Crippen LogP contribution >= 0.6 is 11.3 Å².